The lowest BCUT2D eigenvalue weighted by Crippen LogP contribution is -2.23. The lowest BCUT2D eigenvalue weighted by atomic mass is 10.2. The van der Waals surface area contributed by atoms with Gasteiger partial charge >= 0.3 is 0 Å². The number of hydrogen-bond acceptors (Lipinski definition) is 4. The Morgan fingerprint density at radius 2 is 1.96 bits per heavy atom. The Morgan fingerprint density at radius 1 is 1.28 bits per heavy atom. The molecular formula is C16H13ClFN3O3S. The van der Waals surface area contributed by atoms with Gasteiger partial charge in [-0.05, 0) is 30.3 Å². The maximum Gasteiger partial charge on any atom is 0.251 e. The van der Waals surface area contributed by atoms with Crippen molar-refractivity contribution in [1.29, 1.82) is 0 Å². The maximum atomic E-state index is 13.4. The quantitative estimate of drug-likeness (QED) is 0.726. The van der Waals surface area contributed by atoms with Gasteiger partial charge in [-0.25, -0.2) is 17.8 Å². The Hall–Kier alpha value is -2.45. The molecule has 2 aromatic carbocycles. The summed E-state index contributed by atoms with van der Waals surface area (Å²) in [6.45, 7) is 0.0978. The van der Waals surface area contributed by atoms with Gasteiger partial charge < -0.3 is 10.3 Å². The predicted molar refractivity (Wildman–Crippen MR) is 91.8 cm³/mol. The topological polar surface area (TPSA) is 91.9 Å². The number of aromatic nitrogens is 2. The molecule has 0 spiro atoms. The highest BCUT2D eigenvalue weighted by atomic mass is 35.5. The average molecular weight is 382 g/mol. The van der Waals surface area contributed by atoms with E-state index in [0.29, 0.717) is 22.4 Å². The summed E-state index contributed by atoms with van der Waals surface area (Å²) < 4.78 is 36.2. The van der Waals surface area contributed by atoms with E-state index in [2.05, 4.69) is 15.3 Å². The van der Waals surface area contributed by atoms with Crippen LogP contribution in [0.3, 0.4) is 0 Å². The summed E-state index contributed by atoms with van der Waals surface area (Å²) in [5, 5.41) is 2.63. The number of carbonyl (C=O) groups is 1. The maximum absolute atomic E-state index is 13.4. The molecule has 9 heteroatoms. The fourth-order valence-electron chi connectivity index (χ4n) is 2.26. The molecule has 0 saturated heterocycles. The summed E-state index contributed by atoms with van der Waals surface area (Å²) in [6, 6.07) is 8.24. The molecule has 25 heavy (non-hydrogen) atoms. The number of nitrogens with one attached hydrogen (secondary N) is 2. The standard InChI is InChI=1S/C16H13ClFN3O3S/c1-25(23,24)10-4-2-9(3-5-10)16(22)19-8-15-20-13-6-11(17)12(18)7-14(13)21-15/h2-7H,8H2,1H3,(H,19,22)(H,20,21). The molecule has 1 amide bonds. The molecule has 2 N–H and O–H groups in total. The van der Waals surface area contributed by atoms with Crippen LogP contribution in [-0.4, -0.2) is 30.5 Å². The smallest absolute Gasteiger partial charge is 0.251 e. The highest BCUT2D eigenvalue weighted by Crippen LogP contribution is 2.21. The van der Waals surface area contributed by atoms with Crippen LogP contribution in [0.25, 0.3) is 11.0 Å². The number of aromatic amines is 1. The van der Waals surface area contributed by atoms with Gasteiger partial charge in [0.1, 0.15) is 11.6 Å². The molecule has 1 aromatic heterocycles. The average Bonchev–Trinajstić information content (AvgIpc) is 2.94. The second-order valence-electron chi connectivity index (χ2n) is 5.45. The number of H-pyrrole nitrogens is 1. The minimum atomic E-state index is -3.31. The van der Waals surface area contributed by atoms with E-state index >= 15 is 0 Å². The zero-order valence-electron chi connectivity index (χ0n) is 13.0. The van der Waals surface area contributed by atoms with Gasteiger partial charge in [0.05, 0.1) is 27.5 Å². The van der Waals surface area contributed by atoms with Gasteiger partial charge in [-0.3, -0.25) is 4.79 Å². The van der Waals surface area contributed by atoms with Crippen LogP contribution in [0.15, 0.2) is 41.3 Å². The summed E-state index contributed by atoms with van der Waals surface area (Å²) in [7, 11) is -3.31. The molecule has 0 radical (unpaired) electrons. The lowest BCUT2D eigenvalue weighted by Gasteiger charge is -2.04. The molecule has 0 aliphatic rings. The molecule has 3 aromatic rings. The van der Waals surface area contributed by atoms with Gasteiger partial charge in [-0.15, -0.1) is 0 Å². The van der Waals surface area contributed by atoms with Crippen LogP contribution >= 0.6 is 11.6 Å². The van der Waals surface area contributed by atoms with Gasteiger partial charge in [0.2, 0.25) is 0 Å². The van der Waals surface area contributed by atoms with Crippen LogP contribution in [0.1, 0.15) is 16.2 Å². The SMILES string of the molecule is CS(=O)(=O)c1ccc(C(=O)NCc2nc3cc(Cl)c(F)cc3[nH]2)cc1. The first-order valence-electron chi connectivity index (χ1n) is 7.16. The Bertz CT molecular complexity index is 1020. The lowest BCUT2D eigenvalue weighted by molar-refractivity contribution is 0.0950. The first-order chi connectivity index (χ1) is 11.7. The van der Waals surface area contributed by atoms with E-state index in [1.165, 1.54) is 36.4 Å². The fourth-order valence-corrected chi connectivity index (χ4v) is 3.05. The monoisotopic (exact) mass is 381 g/mol. The molecule has 0 unspecified atom stereocenters. The molecule has 3 rings (SSSR count). The van der Waals surface area contributed by atoms with Crippen LogP contribution in [0.2, 0.25) is 5.02 Å². The zero-order chi connectivity index (χ0) is 18.2. The molecule has 0 aliphatic carbocycles. The Labute approximate surface area is 147 Å². The first-order valence-corrected chi connectivity index (χ1v) is 9.43. The minimum Gasteiger partial charge on any atom is -0.345 e. The molecule has 0 atom stereocenters. The number of nitrogens with zero attached hydrogens (tertiary/aromatic N) is 1. The molecular weight excluding hydrogens is 369 g/mol. The van der Waals surface area contributed by atoms with Crippen molar-refractivity contribution in [3.8, 4) is 0 Å². The number of sulfone groups is 1. The van der Waals surface area contributed by atoms with Crippen molar-refractivity contribution in [2.24, 2.45) is 0 Å². The highest BCUT2D eigenvalue weighted by molar-refractivity contribution is 7.90. The Kier molecular flexibility index (Phi) is 4.49. The van der Waals surface area contributed by atoms with Crippen molar-refractivity contribution >= 4 is 38.4 Å². The van der Waals surface area contributed by atoms with Gasteiger partial charge in [0, 0.05) is 17.9 Å². The van der Waals surface area contributed by atoms with Crippen molar-refractivity contribution in [2.45, 2.75) is 11.4 Å². The zero-order valence-corrected chi connectivity index (χ0v) is 14.6. The number of halogens is 2. The largest absolute Gasteiger partial charge is 0.345 e. The number of fused-ring (bicyclic) bond motifs is 1. The second-order valence-corrected chi connectivity index (χ2v) is 7.87. The van der Waals surface area contributed by atoms with E-state index < -0.39 is 15.7 Å². The van der Waals surface area contributed by atoms with Crippen molar-refractivity contribution in [3.63, 3.8) is 0 Å². The van der Waals surface area contributed by atoms with Gasteiger partial charge in [0.25, 0.3) is 5.91 Å². The minimum absolute atomic E-state index is 0.0273. The van der Waals surface area contributed by atoms with E-state index in [9.17, 15) is 17.6 Å². The van der Waals surface area contributed by atoms with E-state index in [1.54, 1.807) is 0 Å². The van der Waals surface area contributed by atoms with Gasteiger partial charge in [-0.1, -0.05) is 11.6 Å². The number of rotatable bonds is 4. The molecule has 0 saturated carbocycles. The van der Waals surface area contributed by atoms with Crippen molar-refractivity contribution < 1.29 is 17.6 Å². The first kappa shape index (κ1) is 17.4. The third-order valence-electron chi connectivity index (χ3n) is 3.53. The third kappa shape index (κ3) is 3.80. The molecule has 130 valence electrons. The summed E-state index contributed by atoms with van der Waals surface area (Å²) in [5.41, 5.74) is 1.29. The van der Waals surface area contributed by atoms with Crippen LogP contribution in [0.5, 0.6) is 0 Å². The number of benzene rings is 2. The van der Waals surface area contributed by atoms with Crippen molar-refractivity contribution in [2.75, 3.05) is 6.26 Å². The third-order valence-corrected chi connectivity index (χ3v) is 4.95. The highest BCUT2D eigenvalue weighted by Gasteiger charge is 2.11. The molecule has 0 bridgehead atoms. The van der Waals surface area contributed by atoms with E-state index in [4.69, 9.17) is 11.6 Å². The number of amides is 1. The van der Waals surface area contributed by atoms with Gasteiger partial charge in [-0.2, -0.15) is 0 Å². The fraction of sp³-hybridized carbons (Fsp3) is 0.125. The van der Waals surface area contributed by atoms with Crippen LogP contribution in [0.4, 0.5) is 4.39 Å². The molecule has 0 aliphatic heterocycles. The normalized spacial score (nSPS) is 11.6. The molecule has 6 nitrogen and oxygen atoms in total. The van der Waals surface area contributed by atoms with Crippen molar-refractivity contribution in [1.82, 2.24) is 15.3 Å². The number of carbonyl (C=O) groups excluding carboxylic acids is 1. The Morgan fingerprint density at radius 3 is 2.60 bits per heavy atom. The number of imidazole rings is 1. The predicted octanol–water partition coefficient (Wildman–Crippen LogP) is 2.69. The van der Waals surface area contributed by atoms with Gasteiger partial charge in [0.15, 0.2) is 9.84 Å². The number of hydrogen-bond donors (Lipinski definition) is 2. The summed E-state index contributed by atoms with van der Waals surface area (Å²) in [6.07, 6.45) is 1.10. The summed E-state index contributed by atoms with van der Waals surface area (Å²) in [4.78, 5) is 19.4. The molecule has 1 heterocycles. The Balaban J connectivity index is 1.72. The van der Waals surface area contributed by atoms with Crippen LogP contribution in [0, 0.1) is 5.82 Å². The van der Waals surface area contributed by atoms with E-state index in [1.807, 2.05) is 0 Å². The molecule has 0 fully saturated rings. The van der Waals surface area contributed by atoms with Crippen LogP contribution < -0.4 is 5.32 Å². The van der Waals surface area contributed by atoms with E-state index in [0.717, 1.165) is 6.26 Å². The second kappa shape index (κ2) is 6.45. The van der Waals surface area contributed by atoms with Crippen molar-refractivity contribution in [3.05, 3.63) is 58.6 Å². The summed E-state index contributed by atoms with van der Waals surface area (Å²) >= 11 is 5.71. The van der Waals surface area contributed by atoms with Crippen LogP contribution in [-0.2, 0) is 16.4 Å². The van der Waals surface area contributed by atoms with E-state index in [-0.39, 0.29) is 22.4 Å². The summed E-state index contributed by atoms with van der Waals surface area (Å²) in [5.74, 6) is -0.498.